The molecule has 0 aromatic heterocycles. The fourth-order valence-electron chi connectivity index (χ4n) is 2.23. The van der Waals surface area contributed by atoms with Crippen LogP contribution >= 0.6 is 11.8 Å². The summed E-state index contributed by atoms with van der Waals surface area (Å²) >= 11 is 1.58. The molecule has 2 aromatic carbocycles. The maximum Gasteiger partial charge on any atom is 0.307 e. The van der Waals surface area contributed by atoms with E-state index in [2.05, 4.69) is 0 Å². The zero-order valence-corrected chi connectivity index (χ0v) is 13.9. The summed E-state index contributed by atoms with van der Waals surface area (Å²) in [6, 6.07) is 14.5. The number of hydrogen-bond donors (Lipinski definition) is 2. The molecule has 4 nitrogen and oxygen atoms in total. The molecule has 5 heteroatoms. The molecular weight excluding hydrogens is 312 g/mol. The van der Waals surface area contributed by atoms with Crippen molar-refractivity contribution in [3.05, 3.63) is 59.7 Å². The molecule has 2 atom stereocenters. The van der Waals surface area contributed by atoms with Crippen molar-refractivity contribution in [2.75, 3.05) is 7.11 Å². The monoisotopic (exact) mass is 332 g/mol. The molecule has 0 heterocycles. The standard InChI is InChI=1S/C18H20O4S/c1-12(18(20)21)17(14-5-7-15(19)8-6-14)23-11-13-3-9-16(22-2)10-4-13/h3-10,12,17,19H,11H2,1-2H3,(H,20,21). The number of phenols is 1. The fourth-order valence-corrected chi connectivity index (χ4v) is 3.55. The van der Waals surface area contributed by atoms with Crippen molar-refractivity contribution in [3.8, 4) is 11.5 Å². The Balaban J connectivity index is 2.13. The van der Waals surface area contributed by atoms with Gasteiger partial charge in [0.15, 0.2) is 0 Å². The van der Waals surface area contributed by atoms with E-state index in [-0.39, 0.29) is 11.0 Å². The molecule has 0 aliphatic rings. The number of benzene rings is 2. The van der Waals surface area contributed by atoms with Gasteiger partial charge in [-0.15, -0.1) is 11.8 Å². The highest BCUT2D eigenvalue weighted by Gasteiger charge is 2.25. The van der Waals surface area contributed by atoms with Crippen LogP contribution in [0.15, 0.2) is 48.5 Å². The molecule has 2 N–H and O–H groups in total. The zero-order valence-electron chi connectivity index (χ0n) is 13.1. The molecule has 122 valence electrons. The van der Waals surface area contributed by atoms with Gasteiger partial charge in [0, 0.05) is 11.0 Å². The molecule has 2 unspecified atom stereocenters. The van der Waals surface area contributed by atoms with E-state index < -0.39 is 11.9 Å². The van der Waals surface area contributed by atoms with Crippen molar-refractivity contribution >= 4 is 17.7 Å². The first kappa shape index (κ1) is 17.2. The van der Waals surface area contributed by atoms with Gasteiger partial charge in [0.25, 0.3) is 0 Å². The number of carboxylic acids is 1. The van der Waals surface area contributed by atoms with Crippen molar-refractivity contribution in [1.82, 2.24) is 0 Å². The van der Waals surface area contributed by atoms with Gasteiger partial charge in [-0.3, -0.25) is 4.79 Å². The third kappa shape index (κ3) is 4.66. The molecule has 23 heavy (non-hydrogen) atoms. The van der Waals surface area contributed by atoms with E-state index >= 15 is 0 Å². The van der Waals surface area contributed by atoms with Gasteiger partial charge in [-0.1, -0.05) is 31.2 Å². The lowest BCUT2D eigenvalue weighted by Crippen LogP contribution is -2.17. The van der Waals surface area contributed by atoms with Crippen molar-refractivity contribution in [1.29, 1.82) is 0 Å². The molecular formula is C18H20O4S. The summed E-state index contributed by atoms with van der Waals surface area (Å²) in [6.45, 7) is 1.71. The zero-order chi connectivity index (χ0) is 16.8. The van der Waals surface area contributed by atoms with E-state index in [4.69, 9.17) is 4.74 Å². The van der Waals surface area contributed by atoms with Gasteiger partial charge in [0.2, 0.25) is 0 Å². The highest BCUT2D eigenvalue weighted by Crippen LogP contribution is 2.38. The highest BCUT2D eigenvalue weighted by molar-refractivity contribution is 7.98. The summed E-state index contributed by atoms with van der Waals surface area (Å²) in [5, 5.41) is 18.6. The maximum atomic E-state index is 11.4. The molecule has 0 radical (unpaired) electrons. The molecule has 0 aliphatic carbocycles. The molecule has 0 saturated heterocycles. The number of aliphatic carboxylic acids is 1. The lowest BCUT2D eigenvalue weighted by Gasteiger charge is -2.21. The average Bonchev–Trinajstić information content (AvgIpc) is 2.56. The number of ether oxygens (including phenoxy) is 1. The molecule has 0 aliphatic heterocycles. The maximum absolute atomic E-state index is 11.4. The Morgan fingerprint density at radius 1 is 1.13 bits per heavy atom. The SMILES string of the molecule is COc1ccc(CSC(c2ccc(O)cc2)C(C)C(=O)O)cc1. The third-order valence-corrected chi connectivity index (χ3v) is 5.19. The summed E-state index contributed by atoms with van der Waals surface area (Å²) in [5.74, 6) is 0.323. The third-order valence-electron chi connectivity index (χ3n) is 3.65. The highest BCUT2D eigenvalue weighted by atomic mass is 32.2. The van der Waals surface area contributed by atoms with Crippen molar-refractivity contribution in [2.24, 2.45) is 5.92 Å². The van der Waals surface area contributed by atoms with Gasteiger partial charge in [0.1, 0.15) is 11.5 Å². The summed E-state index contributed by atoms with van der Waals surface area (Å²) in [5.41, 5.74) is 2.01. The van der Waals surface area contributed by atoms with E-state index in [1.54, 1.807) is 50.1 Å². The Bertz CT molecular complexity index is 637. The Kier molecular flexibility index (Phi) is 5.93. The van der Waals surface area contributed by atoms with Crippen molar-refractivity contribution in [2.45, 2.75) is 17.9 Å². The van der Waals surface area contributed by atoms with Gasteiger partial charge in [-0.05, 0) is 35.4 Å². The Labute approximate surface area is 140 Å². The topological polar surface area (TPSA) is 66.8 Å². The largest absolute Gasteiger partial charge is 0.508 e. The van der Waals surface area contributed by atoms with Crippen molar-refractivity contribution in [3.63, 3.8) is 0 Å². The van der Waals surface area contributed by atoms with Crippen LogP contribution in [0.3, 0.4) is 0 Å². The number of rotatable bonds is 7. The first-order valence-corrected chi connectivity index (χ1v) is 8.32. The minimum atomic E-state index is -0.828. The van der Waals surface area contributed by atoms with Gasteiger partial charge < -0.3 is 14.9 Å². The molecule has 2 aromatic rings. The first-order chi connectivity index (χ1) is 11.0. The van der Waals surface area contributed by atoms with Crippen LogP contribution < -0.4 is 4.74 Å². The predicted molar refractivity (Wildman–Crippen MR) is 91.9 cm³/mol. The number of hydrogen-bond acceptors (Lipinski definition) is 4. The van der Waals surface area contributed by atoms with Crippen LogP contribution in [-0.2, 0) is 10.5 Å². The fraction of sp³-hybridized carbons (Fsp3) is 0.278. The Morgan fingerprint density at radius 3 is 2.26 bits per heavy atom. The first-order valence-electron chi connectivity index (χ1n) is 7.27. The summed E-state index contributed by atoms with van der Waals surface area (Å²) < 4.78 is 5.14. The minimum Gasteiger partial charge on any atom is -0.508 e. The van der Waals surface area contributed by atoms with Crippen LogP contribution in [0, 0.1) is 5.92 Å². The number of methoxy groups -OCH3 is 1. The van der Waals surface area contributed by atoms with E-state index in [1.807, 2.05) is 24.3 Å². The summed E-state index contributed by atoms with van der Waals surface area (Å²) in [7, 11) is 1.62. The molecule has 0 bridgehead atoms. The molecule has 2 rings (SSSR count). The number of carboxylic acid groups (broad SMARTS) is 1. The van der Waals surface area contributed by atoms with E-state index in [0.29, 0.717) is 5.75 Å². The quantitative estimate of drug-likeness (QED) is 0.799. The number of phenolic OH excluding ortho intramolecular Hbond substituents is 1. The minimum absolute atomic E-state index is 0.177. The van der Waals surface area contributed by atoms with Gasteiger partial charge in [0.05, 0.1) is 13.0 Å². The van der Waals surface area contributed by atoms with Gasteiger partial charge in [-0.25, -0.2) is 0 Å². The van der Waals surface area contributed by atoms with Crippen LogP contribution in [0.5, 0.6) is 11.5 Å². The molecule has 0 fully saturated rings. The van der Waals surface area contributed by atoms with Crippen LogP contribution in [0.25, 0.3) is 0 Å². The van der Waals surface area contributed by atoms with Crippen molar-refractivity contribution < 1.29 is 19.7 Å². The molecule has 0 amide bonds. The smallest absolute Gasteiger partial charge is 0.307 e. The number of thioether (sulfide) groups is 1. The average molecular weight is 332 g/mol. The number of carbonyl (C=O) groups is 1. The number of aromatic hydroxyl groups is 1. The van der Waals surface area contributed by atoms with E-state index in [0.717, 1.165) is 16.9 Å². The van der Waals surface area contributed by atoms with Crippen LogP contribution in [0.1, 0.15) is 23.3 Å². The van der Waals surface area contributed by atoms with Gasteiger partial charge in [-0.2, -0.15) is 0 Å². The summed E-state index contributed by atoms with van der Waals surface area (Å²) in [6.07, 6.45) is 0. The lowest BCUT2D eigenvalue weighted by molar-refractivity contribution is -0.141. The second kappa shape index (κ2) is 7.92. The van der Waals surface area contributed by atoms with E-state index in [9.17, 15) is 15.0 Å². The van der Waals surface area contributed by atoms with Gasteiger partial charge >= 0.3 is 5.97 Å². The molecule has 0 spiro atoms. The second-order valence-electron chi connectivity index (χ2n) is 5.30. The molecule has 0 saturated carbocycles. The van der Waals surface area contributed by atoms with E-state index in [1.165, 1.54) is 0 Å². The van der Waals surface area contributed by atoms with Crippen LogP contribution in [-0.4, -0.2) is 23.3 Å². The van der Waals surface area contributed by atoms with Crippen LogP contribution in [0.2, 0.25) is 0 Å². The van der Waals surface area contributed by atoms with Crippen LogP contribution in [0.4, 0.5) is 0 Å². The second-order valence-corrected chi connectivity index (χ2v) is 6.43. The predicted octanol–water partition coefficient (Wildman–Crippen LogP) is 4.10. The Morgan fingerprint density at radius 2 is 1.74 bits per heavy atom. The summed E-state index contributed by atoms with van der Waals surface area (Å²) in [4.78, 5) is 11.4. The normalized spacial score (nSPS) is 13.3. The lowest BCUT2D eigenvalue weighted by atomic mass is 10.0. The Hall–Kier alpha value is -2.14.